The van der Waals surface area contributed by atoms with E-state index < -0.39 is 0 Å². The van der Waals surface area contributed by atoms with Crippen LogP contribution in [0.1, 0.15) is 23.3 Å². The van der Waals surface area contributed by atoms with Crippen molar-refractivity contribution in [3.8, 4) is 5.75 Å². The van der Waals surface area contributed by atoms with Crippen molar-refractivity contribution in [2.75, 3.05) is 19.8 Å². The molecule has 1 aromatic rings. The molecule has 1 aliphatic rings. The van der Waals surface area contributed by atoms with E-state index in [-0.39, 0.29) is 18.6 Å². The topological polar surface area (TPSA) is 77.5 Å². The van der Waals surface area contributed by atoms with E-state index >= 15 is 0 Å². The largest absolute Gasteiger partial charge is 0.482 e. The van der Waals surface area contributed by atoms with Crippen LogP contribution >= 0.6 is 0 Å². The maximum absolute atomic E-state index is 11.7. The first-order valence-corrected chi connectivity index (χ1v) is 6.19. The van der Waals surface area contributed by atoms with Crippen molar-refractivity contribution in [3.63, 3.8) is 0 Å². The van der Waals surface area contributed by atoms with Crippen molar-refractivity contribution in [3.05, 3.63) is 24.0 Å². The summed E-state index contributed by atoms with van der Waals surface area (Å²) >= 11 is 0. The molecule has 1 aromatic heterocycles. The Kier molecular flexibility index (Phi) is 4.85. The van der Waals surface area contributed by atoms with Gasteiger partial charge in [0.1, 0.15) is 11.4 Å². The zero-order chi connectivity index (χ0) is 13.5. The van der Waals surface area contributed by atoms with E-state index in [1.165, 1.54) is 6.20 Å². The minimum absolute atomic E-state index is 0.0561. The summed E-state index contributed by atoms with van der Waals surface area (Å²) in [6.07, 6.45) is 3.75. The van der Waals surface area contributed by atoms with Crippen LogP contribution in [-0.4, -0.2) is 43.0 Å². The van der Waals surface area contributed by atoms with Gasteiger partial charge >= 0.3 is 0 Å². The van der Waals surface area contributed by atoms with Crippen molar-refractivity contribution in [2.45, 2.75) is 18.9 Å². The van der Waals surface area contributed by atoms with Crippen molar-refractivity contribution >= 4 is 12.2 Å². The van der Waals surface area contributed by atoms with Crippen LogP contribution in [0.15, 0.2) is 18.3 Å². The van der Waals surface area contributed by atoms with Gasteiger partial charge in [-0.2, -0.15) is 0 Å². The van der Waals surface area contributed by atoms with E-state index in [2.05, 4.69) is 10.3 Å². The molecule has 0 spiro atoms. The van der Waals surface area contributed by atoms with Gasteiger partial charge < -0.3 is 14.8 Å². The van der Waals surface area contributed by atoms with Crippen LogP contribution in [0.25, 0.3) is 0 Å². The summed E-state index contributed by atoms with van der Waals surface area (Å²) in [5.41, 5.74) is 0.332. The monoisotopic (exact) mass is 264 g/mol. The molecule has 0 atom stereocenters. The Morgan fingerprint density at radius 1 is 1.47 bits per heavy atom. The Morgan fingerprint density at radius 2 is 2.26 bits per heavy atom. The fraction of sp³-hybridized carbons (Fsp3) is 0.462. The number of hydrogen-bond acceptors (Lipinski definition) is 5. The van der Waals surface area contributed by atoms with Gasteiger partial charge in [-0.25, -0.2) is 4.98 Å². The summed E-state index contributed by atoms with van der Waals surface area (Å²) in [7, 11) is 0. The predicted molar refractivity (Wildman–Crippen MR) is 67.1 cm³/mol. The predicted octanol–water partition coefficient (Wildman–Crippen LogP) is 0.568. The van der Waals surface area contributed by atoms with Crippen LogP contribution in [0.2, 0.25) is 0 Å². The second-order valence-electron chi connectivity index (χ2n) is 4.28. The molecule has 1 saturated heterocycles. The highest BCUT2D eigenvalue weighted by molar-refractivity contribution is 5.77. The molecule has 102 valence electrons. The van der Waals surface area contributed by atoms with Gasteiger partial charge in [-0.1, -0.05) is 0 Å². The lowest BCUT2D eigenvalue weighted by atomic mass is 10.1. The molecule has 0 aliphatic carbocycles. The number of aldehydes is 1. The first-order chi connectivity index (χ1) is 9.28. The molecular formula is C13H16N2O4. The molecule has 1 aliphatic heterocycles. The van der Waals surface area contributed by atoms with E-state index in [0.29, 0.717) is 30.9 Å². The average molecular weight is 264 g/mol. The van der Waals surface area contributed by atoms with E-state index in [1.807, 2.05) is 0 Å². The van der Waals surface area contributed by atoms with Gasteiger partial charge in [0.05, 0.1) is 6.20 Å². The fourth-order valence-electron chi connectivity index (χ4n) is 1.81. The van der Waals surface area contributed by atoms with Crippen molar-refractivity contribution in [1.29, 1.82) is 0 Å². The molecule has 1 N–H and O–H groups in total. The molecule has 6 heteroatoms. The normalized spacial score (nSPS) is 15.8. The number of carbonyl (C=O) groups is 2. The molecular weight excluding hydrogens is 248 g/mol. The van der Waals surface area contributed by atoms with E-state index in [1.54, 1.807) is 12.1 Å². The lowest BCUT2D eigenvalue weighted by Crippen LogP contribution is -2.41. The van der Waals surface area contributed by atoms with Crippen molar-refractivity contribution in [1.82, 2.24) is 10.3 Å². The summed E-state index contributed by atoms with van der Waals surface area (Å²) in [5, 5.41) is 2.89. The maximum atomic E-state index is 11.7. The SMILES string of the molecule is O=Cc1ccc(OCC(=O)NC2CCOCC2)cn1. The smallest absolute Gasteiger partial charge is 0.258 e. The lowest BCUT2D eigenvalue weighted by molar-refractivity contribution is -0.124. The standard InChI is InChI=1S/C13H16N2O4/c16-8-11-1-2-12(7-14-11)19-9-13(17)15-10-3-5-18-6-4-10/h1-2,7-8,10H,3-6,9H2,(H,15,17). The Bertz CT molecular complexity index is 427. The molecule has 0 aromatic carbocycles. The first-order valence-electron chi connectivity index (χ1n) is 6.19. The van der Waals surface area contributed by atoms with Gasteiger partial charge in [0.2, 0.25) is 0 Å². The second-order valence-corrected chi connectivity index (χ2v) is 4.28. The fourth-order valence-corrected chi connectivity index (χ4v) is 1.81. The third-order valence-corrected chi connectivity index (χ3v) is 2.84. The average Bonchev–Trinajstić information content (AvgIpc) is 2.47. The highest BCUT2D eigenvalue weighted by Crippen LogP contribution is 2.09. The highest BCUT2D eigenvalue weighted by Gasteiger charge is 2.16. The third-order valence-electron chi connectivity index (χ3n) is 2.84. The van der Waals surface area contributed by atoms with Crippen LogP contribution in [0.3, 0.4) is 0 Å². The van der Waals surface area contributed by atoms with Crippen LogP contribution in [0, 0.1) is 0 Å². The van der Waals surface area contributed by atoms with Gasteiger partial charge in [0, 0.05) is 19.3 Å². The highest BCUT2D eigenvalue weighted by atomic mass is 16.5. The number of nitrogens with zero attached hydrogens (tertiary/aromatic N) is 1. The quantitative estimate of drug-likeness (QED) is 0.787. The maximum Gasteiger partial charge on any atom is 0.258 e. The van der Waals surface area contributed by atoms with Gasteiger partial charge in [-0.15, -0.1) is 0 Å². The number of pyridine rings is 1. The van der Waals surface area contributed by atoms with E-state index in [0.717, 1.165) is 12.8 Å². The molecule has 0 radical (unpaired) electrons. The van der Waals surface area contributed by atoms with Gasteiger partial charge in [0.25, 0.3) is 5.91 Å². The molecule has 2 heterocycles. The number of hydrogen-bond donors (Lipinski definition) is 1. The van der Waals surface area contributed by atoms with Crippen LogP contribution in [-0.2, 0) is 9.53 Å². The lowest BCUT2D eigenvalue weighted by Gasteiger charge is -2.23. The van der Waals surface area contributed by atoms with Gasteiger partial charge in [-0.05, 0) is 25.0 Å². The van der Waals surface area contributed by atoms with Gasteiger partial charge in [0.15, 0.2) is 12.9 Å². The number of rotatable bonds is 5. The van der Waals surface area contributed by atoms with Crippen LogP contribution < -0.4 is 10.1 Å². The Hall–Kier alpha value is -1.95. The molecule has 2 rings (SSSR count). The summed E-state index contributed by atoms with van der Waals surface area (Å²) in [4.78, 5) is 25.9. The second kappa shape index (κ2) is 6.84. The molecule has 6 nitrogen and oxygen atoms in total. The van der Waals surface area contributed by atoms with Crippen LogP contribution in [0.5, 0.6) is 5.75 Å². The molecule has 1 fully saturated rings. The summed E-state index contributed by atoms with van der Waals surface area (Å²) in [6, 6.07) is 3.32. The minimum Gasteiger partial charge on any atom is -0.482 e. The first kappa shape index (κ1) is 13.5. The number of carbonyl (C=O) groups excluding carboxylic acids is 2. The van der Waals surface area contributed by atoms with Crippen molar-refractivity contribution in [2.24, 2.45) is 0 Å². The number of aromatic nitrogens is 1. The van der Waals surface area contributed by atoms with Gasteiger partial charge in [-0.3, -0.25) is 9.59 Å². The minimum atomic E-state index is -0.161. The zero-order valence-corrected chi connectivity index (χ0v) is 10.5. The summed E-state index contributed by atoms with van der Waals surface area (Å²) < 4.78 is 10.5. The number of ether oxygens (including phenoxy) is 2. The molecule has 1 amide bonds. The molecule has 19 heavy (non-hydrogen) atoms. The molecule has 0 unspecified atom stereocenters. The van der Waals surface area contributed by atoms with Crippen LogP contribution in [0.4, 0.5) is 0 Å². The van der Waals surface area contributed by atoms with Crippen molar-refractivity contribution < 1.29 is 19.1 Å². The third kappa shape index (κ3) is 4.33. The van der Waals surface area contributed by atoms with E-state index in [4.69, 9.17) is 9.47 Å². The Labute approximate surface area is 111 Å². The zero-order valence-electron chi connectivity index (χ0n) is 10.5. The molecule has 0 bridgehead atoms. The Morgan fingerprint density at radius 3 is 2.89 bits per heavy atom. The summed E-state index contributed by atoms with van der Waals surface area (Å²) in [5.74, 6) is 0.305. The number of amides is 1. The Balaban J connectivity index is 1.74. The summed E-state index contributed by atoms with van der Waals surface area (Å²) in [6.45, 7) is 1.31. The van der Waals surface area contributed by atoms with E-state index in [9.17, 15) is 9.59 Å². The number of nitrogens with one attached hydrogen (secondary N) is 1. The molecule has 0 saturated carbocycles.